The second-order valence-electron chi connectivity index (χ2n) is 6.49. The molecule has 29 heavy (non-hydrogen) atoms. The zero-order valence-corrected chi connectivity index (χ0v) is 16.8. The van der Waals surface area contributed by atoms with E-state index in [1.165, 1.54) is 6.33 Å². The van der Waals surface area contributed by atoms with E-state index in [4.69, 9.17) is 4.74 Å². The van der Waals surface area contributed by atoms with E-state index in [1.807, 2.05) is 13.8 Å². The second-order valence-corrected chi connectivity index (χ2v) is 8.21. The molecule has 9 nitrogen and oxygen atoms in total. The topological polar surface area (TPSA) is 115 Å². The van der Waals surface area contributed by atoms with Crippen molar-refractivity contribution in [3.8, 4) is 11.4 Å². The molecule has 1 heterocycles. The van der Waals surface area contributed by atoms with Gasteiger partial charge in [0.2, 0.25) is 15.9 Å². The van der Waals surface area contributed by atoms with Gasteiger partial charge in [0.1, 0.15) is 24.2 Å². The summed E-state index contributed by atoms with van der Waals surface area (Å²) >= 11 is 0. The Balaban J connectivity index is 1.56. The largest absolute Gasteiger partial charge is 0.491 e. The van der Waals surface area contributed by atoms with E-state index in [9.17, 15) is 13.2 Å². The third-order valence-corrected chi connectivity index (χ3v) is 4.84. The number of rotatable bonds is 8. The summed E-state index contributed by atoms with van der Waals surface area (Å²) in [5, 5.41) is 6.57. The molecule has 0 unspecified atom stereocenters. The number of hydrogen-bond acceptors (Lipinski definition) is 6. The molecule has 0 aliphatic rings. The smallest absolute Gasteiger partial charge is 0.241 e. The van der Waals surface area contributed by atoms with Crippen molar-refractivity contribution in [2.45, 2.75) is 20.0 Å². The summed E-state index contributed by atoms with van der Waals surface area (Å²) in [5.74, 6) is -0.719. The maximum absolute atomic E-state index is 12.3. The minimum Gasteiger partial charge on any atom is -0.491 e. The van der Waals surface area contributed by atoms with Crippen molar-refractivity contribution in [2.75, 3.05) is 15.8 Å². The predicted octanol–water partition coefficient (Wildman–Crippen LogP) is 2.43. The summed E-state index contributed by atoms with van der Waals surface area (Å²) < 4.78 is 34.0. The molecule has 3 aromatic rings. The van der Waals surface area contributed by atoms with E-state index in [0.717, 1.165) is 5.69 Å². The van der Waals surface area contributed by atoms with Gasteiger partial charge in [-0.1, -0.05) is 0 Å². The van der Waals surface area contributed by atoms with Crippen LogP contribution in [0.3, 0.4) is 0 Å². The number of anilines is 2. The van der Waals surface area contributed by atoms with Gasteiger partial charge < -0.3 is 10.1 Å². The summed E-state index contributed by atoms with van der Waals surface area (Å²) in [6, 6.07) is 13.3. The molecule has 0 atom stereocenters. The first-order valence-corrected chi connectivity index (χ1v) is 10.5. The van der Waals surface area contributed by atoms with Gasteiger partial charge in [-0.15, -0.1) is 0 Å². The SMILES string of the molecule is CC(C)Oc1ccc(NS(=O)(=O)CC(=O)Nc2ccc(-n3cncn3)cc2)cc1. The van der Waals surface area contributed by atoms with Crippen LogP contribution in [-0.4, -0.2) is 40.9 Å². The molecule has 152 valence electrons. The summed E-state index contributed by atoms with van der Waals surface area (Å²) in [6.45, 7) is 3.80. The number of benzene rings is 2. The van der Waals surface area contributed by atoms with E-state index in [1.54, 1.807) is 59.5 Å². The molecule has 1 aromatic heterocycles. The van der Waals surface area contributed by atoms with Gasteiger partial charge in [-0.05, 0) is 62.4 Å². The Kier molecular flexibility index (Phi) is 6.13. The second kappa shape index (κ2) is 8.74. The van der Waals surface area contributed by atoms with Crippen LogP contribution < -0.4 is 14.8 Å². The van der Waals surface area contributed by atoms with Crippen LogP contribution in [0.2, 0.25) is 0 Å². The molecule has 0 saturated carbocycles. The van der Waals surface area contributed by atoms with Gasteiger partial charge >= 0.3 is 0 Å². The Hall–Kier alpha value is -3.40. The molecule has 2 N–H and O–H groups in total. The Morgan fingerprint density at radius 1 is 1.07 bits per heavy atom. The van der Waals surface area contributed by atoms with Gasteiger partial charge in [-0.2, -0.15) is 5.10 Å². The number of ether oxygens (including phenoxy) is 1. The van der Waals surface area contributed by atoms with Crippen LogP contribution in [0.1, 0.15) is 13.8 Å². The lowest BCUT2D eigenvalue weighted by Crippen LogP contribution is -2.27. The van der Waals surface area contributed by atoms with E-state index >= 15 is 0 Å². The lowest BCUT2D eigenvalue weighted by Gasteiger charge is -2.12. The molecular formula is C19H21N5O4S. The number of sulfonamides is 1. The maximum Gasteiger partial charge on any atom is 0.241 e. The monoisotopic (exact) mass is 415 g/mol. The van der Waals surface area contributed by atoms with Crippen LogP contribution in [0.4, 0.5) is 11.4 Å². The van der Waals surface area contributed by atoms with Crippen LogP contribution in [0, 0.1) is 0 Å². The molecule has 0 fully saturated rings. The minimum absolute atomic E-state index is 0.0199. The van der Waals surface area contributed by atoms with Crippen molar-refractivity contribution >= 4 is 27.3 Å². The average Bonchev–Trinajstić information content (AvgIpc) is 3.17. The molecule has 0 radical (unpaired) electrons. The number of carbonyl (C=O) groups excluding carboxylic acids is 1. The van der Waals surface area contributed by atoms with Gasteiger partial charge in [0.25, 0.3) is 0 Å². The zero-order valence-electron chi connectivity index (χ0n) is 15.9. The molecule has 0 aliphatic carbocycles. The first-order chi connectivity index (χ1) is 13.8. The fourth-order valence-electron chi connectivity index (χ4n) is 2.50. The van der Waals surface area contributed by atoms with Gasteiger partial charge in [-0.3, -0.25) is 9.52 Å². The van der Waals surface area contributed by atoms with E-state index in [2.05, 4.69) is 20.1 Å². The highest BCUT2D eigenvalue weighted by Crippen LogP contribution is 2.18. The normalized spacial score (nSPS) is 11.3. The lowest BCUT2D eigenvalue weighted by molar-refractivity contribution is -0.113. The molecule has 0 spiro atoms. The fourth-order valence-corrected chi connectivity index (χ4v) is 3.48. The van der Waals surface area contributed by atoms with Crippen molar-refractivity contribution in [1.82, 2.24) is 14.8 Å². The van der Waals surface area contributed by atoms with E-state index in [-0.39, 0.29) is 6.10 Å². The van der Waals surface area contributed by atoms with Gasteiger partial charge in [0.05, 0.1) is 11.8 Å². The van der Waals surface area contributed by atoms with Crippen molar-refractivity contribution in [2.24, 2.45) is 0 Å². The highest BCUT2D eigenvalue weighted by Gasteiger charge is 2.17. The summed E-state index contributed by atoms with van der Waals surface area (Å²) in [6.07, 6.45) is 2.98. The first-order valence-electron chi connectivity index (χ1n) is 8.83. The number of aromatic nitrogens is 3. The minimum atomic E-state index is -3.86. The van der Waals surface area contributed by atoms with Crippen LogP contribution in [0.15, 0.2) is 61.2 Å². The number of hydrogen-bond donors (Lipinski definition) is 2. The van der Waals surface area contributed by atoms with Gasteiger partial charge in [-0.25, -0.2) is 18.1 Å². The molecule has 0 bridgehead atoms. The summed E-state index contributed by atoms with van der Waals surface area (Å²) in [5.41, 5.74) is 1.59. The van der Waals surface area contributed by atoms with Crippen LogP contribution in [0.25, 0.3) is 5.69 Å². The van der Waals surface area contributed by atoms with E-state index in [0.29, 0.717) is 17.1 Å². The molecule has 0 aliphatic heterocycles. The first kappa shape index (κ1) is 20.3. The van der Waals surface area contributed by atoms with Gasteiger partial charge in [0.15, 0.2) is 0 Å². The standard InChI is InChI=1S/C19H21N5O4S/c1-14(2)28-18-9-5-16(6-10-18)23-29(26,27)11-19(25)22-15-3-7-17(8-4-15)24-13-20-12-21-24/h3-10,12-14,23H,11H2,1-2H3,(H,22,25). The summed E-state index contributed by atoms with van der Waals surface area (Å²) in [7, 11) is -3.86. The molecule has 2 aromatic carbocycles. The Bertz CT molecular complexity index is 1050. The van der Waals surface area contributed by atoms with Crippen molar-refractivity contribution in [3.05, 3.63) is 61.2 Å². The molecule has 0 saturated heterocycles. The van der Waals surface area contributed by atoms with Crippen molar-refractivity contribution in [1.29, 1.82) is 0 Å². The van der Waals surface area contributed by atoms with Crippen molar-refractivity contribution < 1.29 is 17.9 Å². The Morgan fingerprint density at radius 2 is 1.72 bits per heavy atom. The van der Waals surface area contributed by atoms with Crippen molar-refractivity contribution in [3.63, 3.8) is 0 Å². The number of carbonyl (C=O) groups is 1. The Labute approximate surface area is 168 Å². The van der Waals surface area contributed by atoms with E-state index < -0.39 is 21.7 Å². The predicted molar refractivity (Wildman–Crippen MR) is 110 cm³/mol. The highest BCUT2D eigenvalue weighted by molar-refractivity contribution is 7.93. The number of nitrogens with one attached hydrogen (secondary N) is 2. The third kappa shape index (κ3) is 6.04. The fraction of sp³-hybridized carbons (Fsp3) is 0.211. The van der Waals surface area contributed by atoms with Gasteiger partial charge in [0, 0.05) is 11.4 Å². The number of amides is 1. The quantitative estimate of drug-likeness (QED) is 0.584. The highest BCUT2D eigenvalue weighted by atomic mass is 32.2. The lowest BCUT2D eigenvalue weighted by atomic mass is 10.3. The van der Waals surface area contributed by atoms with Crippen LogP contribution in [0.5, 0.6) is 5.75 Å². The number of nitrogens with zero attached hydrogens (tertiary/aromatic N) is 3. The molecule has 1 amide bonds. The summed E-state index contributed by atoms with van der Waals surface area (Å²) in [4.78, 5) is 16.0. The Morgan fingerprint density at radius 3 is 2.31 bits per heavy atom. The maximum atomic E-state index is 12.3. The third-order valence-electron chi connectivity index (χ3n) is 3.65. The zero-order chi connectivity index (χ0) is 20.9. The average molecular weight is 415 g/mol. The molecular weight excluding hydrogens is 394 g/mol. The molecule has 10 heteroatoms. The van der Waals surface area contributed by atoms with Crippen LogP contribution in [-0.2, 0) is 14.8 Å². The van der Waals surface area contributed by atoms with Crippen LogP contribution >= 0.6 is 0 Å². The molecule has 3 rings (SSSR count).